The lowest BCUT2D eigenvalue weighted by atomic mass is 10.1. The molecular formula is C19H18N4O3S. The molecule has 8 heteroatoms. The first kappa shape index (κ1) is 18.7. The van der Waals surface area contributed by atoms with Crippen LogP contribution >= 0.6 is 11.8 Å². The first-order chi connectivity index (χ1) is 12.9. The summed E-state index contributed by atoms with van der Waals surface area (Å²) in [6.07, 6.45) is 1.62. The van der Waals surface area contributed by atoms with Crippen LogP contribution in [0.4, 0.5) is 17.1 Å². The molecule has 3 rings (SSSR count). The van der Waals surface area contributed by atoms with Gasteiger partial charge in [0, 0.05) is 13.1 Å². The highest BCUT2D eigenvalue weighted by Gasteiger charge is 2.24. The van der Waals surface area contributed by atoms with Gasteiger partial charge in [-0.1, -0.05) is 18.2 Å². The molecular weight excluding hydrogens is 364 g/mol. The quantitative estimate of drug-likeness (QED) is 0.470. The van der Waals surface area contributed by atoms with E-state index in [0.29, 0.717) is 21.3 Å². The van der Waals surface area contributed by atoms with Gasteiger partial charge in [-0.25, -0.2) is 4.99 Å². The predicted molar refractivity (Wildman–Crippen MR) is 109 cm³/mol. The van der Waals surface area contributed by atoms with E-state index in [1.165, 1.54) is 17.8 Å². The van der Waals surface area contributed by atoms with Crippen molar-refractivity contribution in [3.8, 4) is 0 Å². The number of benzene rings is 2. The van der Waals surface area contributed by atoms with Gasteiger partial charge in [0.15, 0.2) is 5.17 Å². The summed E-state index contributed by atoms with van der Waals surface area (Å²) < 4.78 is 0. The number of amides is 1. The highest BCUT2D eigenvalue weighted by Crippen LogP contribution is 2.31. The van der Waals surface area contributed by atoms with Crippen LogP contribution in [0, 0.1) is 24.0 Å². The van der Waals surface area contributed by atoms with Crippen molar-refractivity contribution >= 4 is 46.0 Å². The van der Waals surface area contributed by atoms with Gasteiger partial charge in [0.25, 0.3) is 11.6 Å². The number of nitro benzene ring substituents is 1. The van der Waals surface area contributed by atoms with Gasteiger partial charge in [0.1, 0.15) is 5.69 Å². The summed E-state index contributed by atoms with van der Waals surface area (Å²) in [6.45, 7) is 3.94. The highest BCUT2D eigenvalue weighted by atomic mass is 32.2. The largest absolute Gasteiger partial charge is 0.383 e. The van der Waals surface area contributed by atoms with E-state index in [9.17, 15) is 14.9 Å². The number of anilines is 1. The molecule has 0 saturated carbocycles. The first-order valence-corrected chi connectivity index (χ1v) is 9.02. The van der Waals surface area contributed by atoms with E-state index in [1.807, 2.05) is 32.0 Å². The van der Waals surface area contributed by atoms with Gasteiger partial charge >= 0.3 is 0 Å². The smallest absolute Gasteiger partial charge is 0.292 e. The normalized spacial score (nSPS) is 16.6. The Kier molecular flexibility index (Phi) is 5.27. The number of amidine groups is 1. The summed E-state index contributed by atoms with van der Waals surface area (Å²) >= 11 is 1.21. The van der Waals surface area contributed by atoms with Crippen LogP contribution in [0.3, 0.4) is 0 Å². The molecule has 2 N–H and O–H groups in total. The Morgan fingerprint density at radius 2 is 2.00 bits per heavy atom. The fourth-order valence-electron chi connectivity index (χ4n) is 2.58. The highest BCUT2D eigenvalue weighted by molar-refractivity contribution is 8.18. The maximum atomic E-state index is 12.2. The van der Waals surface area contributed by atoms with Gasteiger partial charge in [-0.05, 0) is 60.5 Å². The van der Waals surface area contributed by atoms with Gasteiger partial charge in [-0.2, -0.15) is 0 Å². The maximum Gasteiger partial charge on any atom is 0.292 e. The number of carbonyl (C=O) groups is 1. The third-order valence-corrected chi connectivity index (χ3v) is 4.93. The van der Waals surface area contributed by atoms with E-state index < -0.39 is 4.92 Å². The van der Waals surface area contributed by atoms with Crippen LogP contribution in [0.15, 0.2) is 46.3 Å². The van der Waals surface area contributed by atoms with Crippen LogP contribution in [0.2, 0.25) is 0 Å². The lowest BCUT2D eigenvalue weighted by Gasteiger charge is -2.03. The fraction of sp³-hybridized carbons (Fsp3) is 0.158. The van der Waals surface area contributed by atoms with Gasteiger partial charge < -0.3 is 10.6 Å². The minimum Gasteiger partial charge on any atom is -0.383 e. The Labute approximate surface area is 160 Å². The summed E-state index contributed by atoms with van der Waals surface area (Å²) in [5, 5.41) is 17.2. The topological polar surface area (TPSA) is 96.6 Å². The number of thioether (sulfide) groups is 1. The van der Waals surface area contributed by atoms with E-state index >= 15 is 0 Å². The van der Waals surface area contributed by atoms with Crippen molar-refractivity contribution in [2.75, 3.05) is 12.4 Å². The molecule has 0 unspecified atom stereocenters. The molecule has 0 atom stereocenters. The van der Waals surface area contributed by atoms with Gasteiger partial charge in [0.2, 0.25) is 0 Å². The zero-order valence-corrected chi connectivity index (χ0v) is 15.9. The second-order valence-electron chi connectivity index (χ2n) is 6.06. The summed E-state index contributed by atoms with van der Waals surface area (Å²) in [4.78, 5) is 27.9. The summed E-state index contributed by atoms with van der Waals surface area (Å²) in [6, 6.07) is 10.7. The molecule has 1 heterocycles. The van der Waals surface area contributed by atoms with Crippen LogP contribution in [-0.2, 0) is 4.79 Å². The van der Waals surface area contributed by atoms with Crippen molar-refractivity contribution in [2.24, 2.45) is 4.99 Å². The maximum absolute atomic E-state index is 12.2. The molecule has 1 fully saturated rings. The molecule has 0 spiro atoms. The van der Waals surface area contributed by atoms with E-state index in [0.717, 1.165) is 16.8 Å². The molecule has 27 heavy (non-hydrogen) atoms. The van der Waals surface area contributed by atoms with Crippen LogP contribution in [0.5, 0.6) is 0 Å². The van der Waals surface area contributed by atoms with E-state index in [4.69, 9.17) is 0 Å². The van der Waals surface area contributed by atoms with Gasteiger partial charge in [-0.3, -0.25) is 14.9 Å². The molecule has 1 aliphatic rings. The second kappa shape index (κ2) is 7.63. The SMILES string of the molecule is CNc1ccc(/C=C2/SC(=Nc3cc(C)ccc3C)NC2=O)cc1[N+](=O)[O-]. The average molecular weight is 382 g/mol. The van der Waals surface area contributed by atoms with Crippen LogP contribution in [0.25, 0.3) is 6.08 Å². The number of nitrogens with one attached hydrogen (secondary N) is 2. The minimum absolute atomic E-state index is 0.0421. The molecule has 0 aromatic heterocycles. The number of rotatable bonds is 4. The molecule has 138 valence electrons. The Hall–Kier alpha value is -3.13. The molecule has 1 amide bonds. The predicted octanol–water partition coefficient (Wildman–Crippen LogP) is 4.14. The summed E-state index contributed by atoms with van der Waals surface area (Å²) in [7, 11) is 1.62. The second-order valence-corrected chi connectivity index (χ2v) is 7.09. The van der Waals surface area contributed by atoms with Crippen LogP contribution < -0.4 is 10.6 Å². The van der Waals surface area contributed by atoms with Crippen molar-refractivity contribution in [3.05, 3.63) is 68.1 Å². The first-order valence-electron chi connectivity index (χ1n) is 8.20. The van der Waals surface area contributed by atoms with E-state index in [2.05, 4.69) is 15.6 Å². The lowest BCUT2D eigenvalue weighted by Crippen LogP contribution is -2.19. The van der Waals surface area contributed by atoms with E-state index in [1.54, 1.807) is 25.3 Å². The Balaban J connectivity index is 1.89. The third-order valence-electron chi connectivity index (χ3n) is 4.02. The molecule has 7 nitrogen and oxygen atoms in total. The number of hydrogen-bond donors (Lipinski definition) is 2. The molecule has 1 saturated heterocycles. The molecule has 0 bridgehead atoms. The third kappa shape index (κ3) is 4.17. The minimum atomic E-state index is -0.455. The molecule has 0 radical (unpaired) electrons. The number of nitrogens with zero attached hydrogens (tertiary/aromatic N) is 2. The van der Waals surface area contributed by atoms with Crippen LogP contribution in [-0.4, -0.2) is 23.0 Å². The van der Waals surface area contributed by atoms with Gasteiger partial charge in [-0.15, -0.1) is 0 Å². The monoisotopic (exact) mass is 382 g/mol. The summed E-state index contributed by atoms with van der Waals surface area (Å²) in [5.41, 5.74) is 3.85. The van der Waals surface area contributed by atoms with Crippen LogP contribution in [0.1, 0.15) is 16.7 Å². The number of aliphatic imine (C=N–C) groups is 1. The lowest BCUT2D eigenvalue weighted by molar-refractivity contribution is -0.384. The Bertz CT molecular complexity index is 998. The standard InChI is InChI=1S/C19H18N4O3S/c1-11-4-5-12(2)15(8-11)21-19-22-18(24)17(27-19)10-13-6-7-14(20-3)16(9-13)23(25)26/h4-10,20H,1-3H3,(H,21,22,24)/b17-10+. The van der Waals surface area contributed by atoms with E-state index in [-0.39, 0.29) is 11.6 Å². The molecule has 1 aliphatic heterocycles. The van der Waals surface area contributed by atoms with Crippen molar-refractivity contribution in [1.82, 2.24) is 5.32 Å². The van der Waals surface area contributed by atoms with Crippen molar-refractivity contribution < 1.29 is 9.72 Å². The number of carbonyl (C=O) groups excluding carboxylic acids is 1. The number of aryl methyl sites for hydroxylation is 2. The van der Waals surface area contributed by atoms with Gasteiger partial charge in [0.05, 0.1) is 15.5 Å². The number of hydrogen-bond acceptors (Lipinski definition) is 6. The van der Waals surface area contributed by atoms with Crippen molar-refractivity contribution in [1.29, 1.82) is 0 Å². The Morgan fingerprint density at radius 1 is 1.22 bits per heavy atom. The van der Waals surface area contributed by atoms with Crippen molar-refractivity contribution in [2.45, 2.75) is 13.8 Å². The molecule has 0 aliphatic carbocycles. The van der Waals surface area contributed by atoms with Crippen molar-refractivity contribution in [3.63, 3.8) is 0 Å². The number of nitro groups is 1. The zero-order valence-electron chi connectivity index (χ0n) is 15.1. The zero-order chi connectivity index (χ0) is 19.6. The summed E-state index contributed by atoms with van der Waals surface area (Å²) in [5.74, 6) is -0.274. The average Bonchev–Trinajstić information content (AvgIpc) is 2.97. The fourth-order valence-corrected chi connectivity index (χ4v) is 3.42. The molecule has 2 aromatic carbocycles. The molecule has 2 aromatic rings. The Morgan fingerprint density at radius 3 is 2.70 bits per heavy atom.